The highest BCUT2D eigenvalue weighted by Gasteiger charge is 2.36. The molecule has 0 aromatic heterocycles. The maximum Gasteiger partial charge on any atom is 0.410 e. The summed E-state index contributed by atoms with van der Waals surface area (Å²) in [6.45, 7) is 10.2. The summed E-state index contributed by atoms with van der Waals surface area (Å²) in [5, 5.41) is 2.99. The van der Waals surface area contributed by atoms with E-state index in [-0.39, 0.29) is 5.91 Å². The van der Waals surface area contributed by atoms with Crippen molar-refractivity contribution in [3.63, 3.8) is 0 Å². The molecule has 132 valence electrons. The first-order chi connectivity index (χ1) is 11.2. The summed E-state index contributed by atoms with van der Waals surface area (Å²) in [5.41, 5.74) is 1.34. The number of amides is 2. The molecular formula is C19H28N2O3. The van der Waals surface area contributed by atoms with Crippen molar-refractivity contribution in [1.82, 2.24) is 4.90 Å². The Kier molecular flexibility index (Phi) is 5.52. The first kappa shape index (κ1) is 18.3. The Morgan fingerprint density at radius 2 is 1.92 bits per heavy atom. The highest BCUT2D eigenvalue weighted by Crippen LogP contribution is 2.26. The average Bonchev–Trinajstić information content (AvgIpc) is 2.95. The fourth-order valence-corrected chi connectivity index (χ4v) is 2.91. The van der Waals surface area contributed by atoms with E-state index >= 15 is 0 Å². The highest BCUT2D eigenvalue weighted by molar-refractivity contribution is 5.97. The molecule has 1 aromatic carbocycles. The van der Waals surface area contributed by atoms with Crippen molar-refractivity contribution in [3.8, 4) is 0 Å². The second kappa shape index (κ2) is 7.24. The van der Waals surface area contributed by atoms with Crippen molar-refractivity contribution in [2.75, 3.05) is 11.9 Å². The zero-order valence-electron chi connectivity index (χ0n) is 15.3. The van der Waals surface area contributed by atoms with Gasteiger partial charge in [-0.2, -0.15) is 0 Å². The lowest BCUT2D eigenvalue weighted by atomic mass is 10.0. The molecule has 1 N–H and O–H groups in total. The molecule has 1 aromatic rings. The average molecular weight is 332 g/mol. The second-order valence-electron chi connectivity index (χ2n) is 7.56. The van der Waals surface area contributed by atoms with Gasteiger partial charge in [-0.25, -0.2) is 4.79 Å². The lowest BCUT2D eigenvalue weighted by Gasteiger charge is -2.28. The summed E-state index contributed by atoms with van der Waals surface area (Å²) in [4.78, 5) is 26.6. The highest BCUT2D eigenvalue weighted by atomic mass is 16.6. The molecule has 0 spiro atoms. The smallest absolute Gasteiger partial charge is 0.410 e. The van der Waals surface area contributed by atoms with Gasteiger partial charge in [0.1, 0.15) is 11.6 Å². The standard InChI is InChI=1S/C19H28N2O3/c1-13(2)14-9-6-7-10-15(14)20-17(22)16-11-8-12-21(16)18(23)24-19(3,4)5/h6-7,9-10,13,16H,8,11-12H2,1-5H3,(H,20,22)/t16-/m0/s1. The Bertz CT molecular complexity index is 605. The quantitative estimate of drug-likeness (QED) is 0.904. The molecule has 0 bridgehead atoms. The van der Waals surface area contributed by atoms with Crippen LogP contribution in [0.25, 0.3) is 0 Å². The van der Waals surface area contributed by atoms with Gasteiger partial charge in [0.25, 0.3) is 0 Å². The second-order valence-corrected chi connectivity index (χ2v) is 7.56. The van der Waals surface area contributed by atoms with Gasteiger partial charge in [0.2, 0.25) is 5.91 Å². The van der Waals surface area contributed by atoms with Gasteiger partial charge in [0.05, 0.1) is 0 Å². The van der Waals surface area contributed by atoms with Crippen LogP contribution in [0.4, 0.5) is 10.5 Å². The molecule has 1 aliphatic rings. The molecule has 5 nitrogen and oxygen atoms in total. The maximum atomic E-state index is 12.7. The van der Waals surface area contributed by atoms with E-state index in [1.165, 1.54) is 0 Å². The third kappa shape index (κ3) is 4.49. The predicted octanol–water partition coefficient (Wildman–Crippen LogP) is 4.15. The van der Waals surface area contributed by atoms with Crippen LogP contribution in [-0.2, 0) is 9.53 Å². The van der Waals surface area contributed by atoms with E-state index in [1.807, 2.05) is 45.0 Å². The SMILES string of the molecule is CC(C)c1ccccc1NC(=O)[C@@H]1CCCN1C(=O)OC(C)(C)C. The molecule has 1 heterocycles. The molecule has 1 aliphatic heterocycles. The van der Waals surface area contributed by atoms with Crippen molar-refractivity contribution in [1.29, 1.82) is 0 Å². The molecule has 1 atom stereocenters. The number of likely N-dealkylation sites (tertiary alicyclic amines) is 1. The van der Waals surface area contributed by atoms with Crippen LogP contribution in [0.15, 0.2) is 24.3 Å². The Balaban J connectivity index is 2.10. The van der Waals surface area contributed by atoms with Gasteiger partial charge in [0.15, 0.2) is 0 Å². The molecule has 0 aliphatic carbocycles. The summed E-state index contributed by atoms with van der Waals surface area (Å²) in [7, 11) is 0. The van der Waals surface area contributed by atoms with Crippen molar-refractivity contribution in [2.24, 2.45) is 0 Å². The van der Waals surface area contributed by atoms with Crippen LogP contribution in [0.1, 0.15) is 58.9 Å². The minimum atomic E-state index is -0.565. The topological polar surface area (TPSA) is 58.6 Å². The van der Waals surface area contributed by atoms with Gasteiger partial charge in [-0.15, -0.1) is 0 Å². The van der Waals surface area contributed by atoms with E-state index in [1.54, 1.807) is 4.90 Å². The molecule has 24 heavy (non-hydrogen) atoms. The number of rotatable bonds is 3. The Morgan fingerprint density at radius 3 is 2.54 bits per heavy atom. The lowest BCUT2D eigenvalue weighted by Crippen LogP contribution is -2.45. The fraction of sp³-hybridized carbons (Fsp3) is 0.579. The molecule has 0 unspecified atom stereocenters. The number of nitrogens with zero attached hydrogens (tertiary/aromatic N) is 1. The largest absolute Gasteiger partial charge is 0.444 e. The number of hydrogen-bond acceptors (Lipinski definition) is 3. The molecule has 5 heteroatoms. The van der Waals surface area contributed by atoms with Gasteiger partial charge in [0, 0.05) is 12.2 Å². The van der Waals surface area contributed by atoms with E-state index in [0.29, 0.717) is 18.9 Å². The number of carbonyl (C=O) groups is 2. The third-order valence-electron chi connectivity index (χ3n) is 4.02. The lowest BCUT2D eigenvalue weighted by molar-refractivity contribution is -0.120. The molecule has 2 amide bonds. The first-order valence-corrected chi connectivity index (χ1v) is 8.58. The Labute approximate surface area is 144 Å². The minimum Gasteiger partial charge on any atom is -0.444 e. The van der Waals surface area contributed by atoms with Gasteiger partial charge in [-0.3, -0.25) is 9.69 Å². The van der Waals surface area contributed by atoms with Gasteiger partial charge >= 0.3 is 6.09 Å². The number of para-hydroxylation sites is 1. The van der Waals surface area contributed by atoms with Crippen molar-refractivity contribution < 1.29 is 14.3 Å². The van der Waals surface area contributed by atoms with Crippen LogP contribution >= 0.6 is 0 Å². The van der Waals surface area contributed by atoms with Gasteiger partial charge in [-0.05, 0) is 51.2 Å². The van der Waals surface area contributed by atoms with E-state index in [0.717, 1.165) is 17.7 Å². The number of ether oxygens (including phenoxy) is 1. The van der Waals surface area contributed by atoms with E-state index in [4.69, 9.17) is 4.74 Å². The summed E-state index contributed by atoms with van der Waals surface area (Å²) in [6, 6.07) is 7.32. The first-order valence-electron chi connectivity index (χ1n) is 8.58. The molecule has 1 saturated heterocycles. The fourth-order valence-electron chi connectivity index (χ4n) is 2.91. The molecule has 0 radical (unpaired) electrons. The molecule has 0 saturated carbocycles. The predicted molar refractivity (Wildman–Crippen MR) is 95.1 cm³/mol. The number of hydrogen-bond donors (Lipinski definition) is 1. The Morgan fingerprint density at radius 1 is 1.25 bits per heavy atom. The molecule has 2 rings (SSSR count). The van der Waals surface area contributed by atoms with Crippen molar-refractivity contribution in [2.45, 2.75) is 65.0 Å². The van der Waals surface area contributed by atoms with E-state index in [2.05, 4.69) is 19.2 Å². The van der Waals surface area contributed by atoms with E-state index in [9.17, 15) is 9.59 Å². The zero-order valence-corrected chi connectivity index (χ0v) is 15.3. The normalized spacial score (nSPS) is 17.9. The minimum absolute atomic E-state index is 0.147. The van der Waals surface area contributed by atoms with Crippen LogP contribution in [-0.4, -0.2) is 35.1 Å². The zero-order chi connectivity index (χ0) is 17.9. The van der Waals surface area contributed by atoms with E-state index < -0.39 is 17.7 Å². The van der Waals surface area contributed by atoms with Crippen LogP contribution in [0.5, 0.6) is 0 Å². The molecule has 1 fully saturated rings. The maximum absolute atomic E-state index is 12.7. The number of nitrogens with one attached hydrogen (secondary N) is 1. The summed E-state index contributed by atoms with van der Waals surface area (Å²) in [5.74, 6) is 0.165. The van der Waals surface area contributed by atoms with Crippen LogP contribution in [0, 0.1) is 0 Å². The summed E-state index contributed by atoms with van der Waals surface area (Å²) < 4.78 is 5.42. The van der Waals surface area contributed by atoms with Crippen LogP contribution in [0.2, 0.25) is 0 Å². The number of carbonyl (C=O) groups excluding carboxylic acids is 2. The third-order valence-corrected chi connectivity index (χ3v) is 4.02. The molecular weight excluding hydrogens is 304 g/mol. The summed E-state index contributed by atoms with van der Waals surface area (Å²) >= 11 is 0. The van der Waals surface area contributed by atoms with Gasteiger partial charge in [-0.1, -0.05) is 32.0 Å². The number of benzene rings is 1. The van der Waals surface area contributed by atoms with Crippen molar-refractivity contribution >= 4 is 17.7 Å². The van der Waals surface area contributed by atoms with Crippen molar-refractivity contribution in [3.05, 3.63) is 29.8 Å². The van der Waals surface area contributed by atoms with Crippen LogP contribution < -0.4 is 5.32 Å². The van der Waals surface area contributed by atoms with Gasteiger partial charge < -0.3 is 10.1 Å². The summed E-state index contributed by atoms with van der Waals surface area (Å²) in [6.07, 6.45) is 1.05. The monoisotopic (exact) mass is 332 g/mol. The van der Waals surface area contributed by atoms with Crippen LogP contribution in [0.3, 0.4) is 0 Å². The Hall–Kier alpha value is -2.04. The number of anilines is 1.